The summed E-state index contributed by atoms with van der Waals surface area (Å²) in [6.45, 7) is 3.99. The normalized spacial score (nSPS) is 14.5. The second kappa shape index (κ2) is 7.53. The Morgan fingerprint density at radius 2 is 1.96 bits per heavy atom. The lowest BCUT2D eigenvalue weighted by Crippen LogP contribution is -2.36. The van der Waals surface area contributed by atoms with Gasteiger partial charge in [-0.1, -0.05) is 24.3 Å². The highest BCUT2D eigenvalue weighted by Gasteiger charge is 2.17. The number of anilines is 1. The van der Waals surface area contributed by atoms with Crippen LogP contribution in [0.15, 0.2) is 48.1 Å². The van der Waals surface area contributed by atoms with Gasteiger partial charge in [0.05, 0.1) is 19.8 Å². The molecule has 5 rings (SSSR count). The molecule has 0 saturated carbocycles. The molecule has 1 N–H and O–H groups in total. The molecule has 0 bridgehead atoms. The van der Waals surface area contributed by atoms with E-state index in [0.29, 0.717) is 11.6 Å². The molecule has 28 heavy (non-hydrogen) atoms. The average Bonchev–Trinajstić information content (AvgIpc) is 3.50. The number of aromatic amines is 1. The van der Waals surface area contributed by atoms with Crippen molar-refractivity contribution in [3.8, 4) is 22.9 Å². The average molecular weight is 393 g/mol. The number of hydrogen-bond acceptors (Lipinski definition) is 7. The summed E-state index contributed by atoms with van der Waals surface area (Å²) in [5.74, 6) is 1.35. The van der Waals surface area contributed by atoms with E-state index < -0.39 is 0 Å². The van der Waals surface area contributed by atoms with Crippen LogP contribution in [0.25, 0.3) is 22.9 Å². The van der Waals surface area contributed by atoms with Gasteiger partial charge in [0.25, 0.3) is 0 Å². The van der Waals surface area contributed by atoms with Crippen LogP contribution < -0.4 is 4.90 Å². The van der Waals surface area contributed by atoms with Crippen molar-refractivity contribution < 1.29 is 4.74 Å². The summed E-state index contributed by atoms with van der Waals surface area (Å²) >= 11 is 1.62. The van der Waals surface area contributed by atoms with Crippen molar-refractivity contribution in [2.24, 2.45) is 0 Å². The number of hydrogen-bond donors (Lipinski definition) is 1. The molecule has 0 radical (unpaired) electrons. The molecular weight excluding hydrogens is 374 g/mol. The number of thiazole rings is 1. The second-order valence-corrected chi connectivity index (χ2v) is 7.36. The molecule has 4 heterocycles. The SMILES string of the molecule is c1cnn(Cc2ccc(-c3n[nH]c(-c4csc(N5CCOCC5)n4)n3)cc2)c1. The minimum Gasteiger partial charge on any atom is -0.378 e. The van der Waals surface area contributed by atoms with Crippen LogP contribution >= 0.6 is 11.3 Å². The maximum atomic E-state index is 5.40. The first-order chi connectivity index (χ1) is 13.8. The topological polar surface area (TPSA) is 84.8 Å². The number of nitrogens with zero attached hydrogens (tertiary/aromatic N) is 6. The highest BCUT2D eigenvalue weighted by molar-refractivity contribution is 7.14. The Labute approximate surface area is 165 Å². The molecule has 3 aromatic heterocycles. The Morgan fingerprint density at radius 1 is 1.11 bits per heavy atom. The minimum absolute atomic E-state index is 0.668. The summed E-state index contributed by atoms with van der Waals surface area (Å²) in [6, 6.07) is 10.1. The van der Waals surface area contributed by atoms with Crippen molar-refractivity contribution in [2.45, 2.75) is 6.54 Å². The van der Waals surface area contributed by atoms with E-state index >= 15 is 0 Å². The van der Waals surface area contributed by atoms with Gasteiger partial charge in [-0.2, -0.15) is 10.2 Å². The number of morpholine rings is 1. The second-order valence-electron chi connectivity index (χ2n) is 6.52. The van der Waals surface area contributed by atoms with Gasteiger partial charge in [-0.25, -0.2) is 9.97 Å². The van der Waals surface area contributed by atoms with E-state index in [1.807, 2.05) is 34.5 Å². The highest BCUT2D eigenvalue weighted by Crippen LogP contribution is 2.27. The van der Waals surface area contributed by atoms with Crippen LogP contribution in [0.3, 0.4) is 0 Å². The summed E-state index contributed by atoms with van der Waals surface area (Å²) < 4.78 is 7.30. The molecular formula is C19H19N7OS. The smallest absolute Gasteiger partial charge is 0.186 e. The molecule has 1 saturated heterocycles. The number of aromatic nitrogens is 6. The predicted molar refractivity (Wildman–Crippen MR) is 107 cm³/mol. The number of benzene rings is 1. The van der Waals surface area contributed by atoms with Crippen molar-refractivity contribution >= 4 is 16.5 Å². The fourth-order valence-corrected chi connectivity index (χ4v) is 3.98. The Balaban J connectivity index is 1.31. The first-order valence-electron chi connectivity index (χ1n) is 9.13. The van der Waals surface area contributed by atoms with Crippen LogP contribution in [0.5, 0.6) is 0 Å². The van der Waals surface area contributed by atoms with Crippen LogP contribution in [-0.4, -0.2) is 56.2 Å². The van der Waals surface area contributed by atoms with Gasteiger partial charge in [-0.05, 0) is 11.6 Å². The molecule has 0 atom stereocenters. The lowest BCUT2D eigenvalue weighted by Gasteiger charge is -2.25. The van der Waals surface area contributed by atoms with Crippen LogP contribution in [0.1, 0.15) is 5.56 Å². The van der Waals surface area contributed by atoms with Gasteiger partial charge in [-0.15, -0.1) is 11.3 Å². The molecule has 8 nitrogen and oxygen atoms in total. The molecule has 9 heteroatoms. The van der Waals surface area contributed by atoms with Crippen LogP contribution in [-0.2, 0) is 11.3 Å². The molecule has 1 fully saturated rings. The van der Waals surface area contributed by atoms with Crippen molar-refractivity contribution in [2.75, 3.05) is 31.2 Å². The Morgan fingerprint density at radius 3 is 2.75 bits per heavy atom. The molecule has 0 unspecified atom stereocenters. The largest absolute Gasteiger partial charge is 0.378 e. The lowest BCUT2D eigenvalue weighted by molar-refractivity contribution is 0.122. The maximum Gasteiger partial charge on any atom is 0.186 e. The zero-order valence-corrected chi connectivity index (χ0v) is 16.0. The number of rotatable bonds is 5. The molecule has 0 aliphatic carbocycles. The van der Waals surface area contributed by atoms with Crippen molar-refractivity contribution in [3.05, 3.63) is 53.7 Å². The molecule has 1 aliphatic rings. The van der Waals surface area contributed by atoms with E-state index in [1.165, 1.54) is 5.56 Å². The van der Waals surface area contributed by atoms with E-state index in [1.54, 1.807) is 17.5 Å². The summed E-state index contributed by atoms with van der Waals surface area (Å²) in [5, 5.41) is 14.6. The molecule has 4 aromatic rings. The van der Waals surface area contributed by atoms with Gasteiger partial charge in [0.15, 0.2) is 16.8 Å². The number of H-pyrrole nitrogens is 1. The molecule has 1 aliphatic heterocycles. The molecule has 142 valence electrons. The van der Waals surface area contributed by atoms with E-state index in [-0.39, 0.29) is 0 Å². The third-order valence-corrected chi connectivity index (χ3v) is 5.52. The summed E-state index contributed by atoms with van der Waals surface area (Å²) in [7, 11) is 0. The fraction of sp³-hybridized carbons (Fsp3) is 0.263. The zero-order valence-electron chi connectivity index (χ0n) is 15.2. The Kier molecular flexibility index (Phi) is 4.59. The van der Waals surface area contributed by atoms with Gasteiger partial charge < -0.3 is 9.64 Å². The first-order valence-corrected chi connectivity index (χ1v) is 10.0. The summed E-state index contributed by atoms with van der Waals surface area (Å²) in [6.07, 6.45) is 3.74. The Hall–Kier alpha value is -3.04. The van der Waals surface area contributed by atoms with Gasteiger partial charge in [-0.3, -0.25) is 9.78 Å². The third kappa shape index (κ3) is 3.54. The Bertz CT molecular complexity index is 1030. The quantitative estimate of drug-likeness (QED) is 0.561. The molecule has 1 aromatic carbocycles. The highest BCUT2D eigenvalue weighted by atomic mass is 32.1. The number of ether oxygens (including phenoxy) is 1. The van der Waals surface area contributed by atoms with Crippen LogP contribution in [0.2, 0.25) is 0 Å². The molecule has 0 spiro atoms. The maximum absolute atomic E-state index is 5.40. The van der Waals surface area contributed by atoms with E-state index in [9.17, 15) is 0 Å². The van der Waals surface area contributed by atoms with Gasteiger partial charge in [0, 0.05) is 36.4 Å². The number of nitrogens with one attached hydrogen (secondary N) is 1. The van der Waals surface area contributed by atoms with Gasteiger partial charge in [0.2, 0.25) is 0 Å². The summed E-state index contributed by atoms with van der Waals surface area (Å²) in [5.41, 5.74) is 2.97. The van der Waals surface area contributed by atoms with Crippen LogP contribution in [0.4, 0.5) is 5.13 Å². The predicted octanol–water partition coefficient (Wildman–Crippen LogP) is 2.68. The van der Waals surface area contributed by atoms with E-state index in [4.69, 9.17) is 9.72 Å². The fourth-order valence-electron chi connectivity index (χ4n) is 3.12. The van der Waals surface area contributed by atoms with Gasteiger partial charge in [0.1, 0.15) is 5.69 Å². The third-order valence-electron chi connectivity index (χ3n) is 4.62. The molecule has 0 amide bonds. The van der Waals surface area contributed by atoms with E-state index in [2.05, 4.69) is 37.3 Å². The van der Waals surface area contributed by atoms with Crippen LogP contribution in [0, 0.1) is 0 Å². The zero-order chi connectivity index (χ0) is 18.8. The van der Waals surface area contributed by atoms with Crippen molar-refractivity contribution in [1.82, 2.24) is 29.9 Å². The van der Waals surface area contributed by atoms with Crippen molar-refractivity contribution in [3.63, 3.8) is 0 Å². The monoisotopic (exact) mass is 393 g/mol. The van der Waals surface area contributed by atoms with Gasteiger partial charge >= 0.3 is 0 Å². The van der Waals surface area contributed by atoms with Crippen molar-refractivity contribution in [1.29, 1.82) is 0 Å². The standard InChI is InChI=1S/C19H19N7OS/c1-6-20-26(7-1)12-14-2-4-15(5-3-14)17-22-18(24-23-17)16-13-28-19(21-16)25-8-10-27-11-9-25/h1-7,13H,8-12H2,(H,22,23,24). The summed E-state index contributed by atoms with van der Waals surface area (Å²) in [4.78, 5) is 11.6. The lowest BCUT2D eigenvalue weighted by atomic mass is 10.1. The van der Waals surface area contributed by atoms with E-state index in [0.717, 1.165) is 49.2 Å². The minimum atomic E-state index is 0.668. The first kappa shape index (κ1) is 17.1.